The van der Waals surface area contributed by atoms with E-state index in [0.29, 0.717) is 17.6 Å². The fourth-order valence-corrected chi connectivity index (χ4v) is 4.07. The molecule has 0 N–H and O–H groups in total. The fraction of sp³-hybridized carbons (Fsp3) is 0.391. The van der Waals surface area contributed by atoms with E-state index in [1.54, 1.807) is 11.8 Å². The summed E-state index contributed by atoms with van der Waals surface area (Å²) in [6, 6.07) is 9.10. The second kappa shape index (κ2) is 7.78. The molecule has 1 unspecified atom stereocenters. The van der Waals surface area contributed by atoms with Gasteiger partial charge in [-0.25, -0.2) is 9.97 Å². The van der Waals surface area contributed by atoms with Crippen molar-refractivity contribution in [2.24, 2.45) is 0 Å². The summed E-state index contributed by atoms with van der Waals surface area (Å²) in [6.07, 6.45) is 5.58. The van der Waals surface area contributed by atoms with Crippen molar-refractivity contribution in [3.05, 3.63) is 63.8 Å². The van der Waals surface area contributed by atoms with Crippen LogP contribution in [0.4, 0.5) is 5.69 Å². The zero-order chi connectivity index (χ0) is 20.5. The number of aryl methyl sites for hydroxylation is 3. The predicted octanol–water partition coefficient (Wildman–Crippen LogP) is 3.59. The number of likely N-dealkylation sites (N-methyl/N-ethyl adjacent to an activating group) is 1. The monoisotopic (exact) mass is 390 g/mol. The second-order valence-electron chi connectivity index (χ2n) is 7.73. The number of nitrogens with zero attached hydrogens (tertiary/aromatic N) is 4. The van der Waals surface area contributed by atoms with Crippen LogP contribution in [0, 0.1) is 6.92 Å². The summed E-state index contributed by atoms with van der Waals surface area (Å²) in [6.45, 7) is 6.21. The normalized spacial score (nSPS) is 14.4. The third-order valence-corrected chi connectivity index (χ3v) is 5.72. The molecule has 4 rings (SSSR count). The molecule has 3 aromatic rings. The van der Waals surface area contributed by atoms with Crippen LogP contribution >= 0.6 is 0 Å². The fourth-order valence-electron chi connectivity index (χ4n) is 4.07. The molecule has 1 amide bonds. The van der Waals surface area contributed by atoms with Crippen LogP contribution in [0.5, 0.6) is 0 Å². The number of hydrogen-bond acceptors (Lipinski definition) is 4. The van der Waals surface area contributed by atoms with Crippen LogP contribution < -0.4 is 10.5 Å². The van der Waals surface area contributed by atoms with Gasteiger partial charge >= 0.3 is 0 Å². The van der Waals surface area contributed by atoms with E-state index in [1.807, 2.05) is 44.2 Å². The highest BCUT2D eigenvalue weighted by Crippen LogP contribution is 2.23. The SMILES string of the molecule is CCN(C(=O)C(C)n1cnc2nc3c(cc2c1=O)CCCC3)c1cccc(C)c1. The average Bonchev–Trinajstić information content (AvgIpc) is 2.73. The lowest BCUT2D eigenvalue weighted by molar-refractivity contribution is -0.121. The predicted molar refractivity (Wildman–Crippen MR) is 114 cm³/mol. The van der Waals surface area contributed by atoms with E-state index in [0.717, 1.165) is 48.2 Å². The molecule has 2 heterocycles. The van der Waals surface area contributed by atoms with E-state index >= 15 is 0 Å². The summed E-state index contributed by atoms with van der Waals surface area (Å²) >= 11 is 0. The molecular formula is C23H26N4O2. The zero-order valence-electron chi connectivity index (χ0n) is 17.2. The van der Waals surface area contributed by atoms with Crippen LogP contribution in [0.3, 0.4) is 0 Å². The lowest BCUT2D eigenvalue weighted by Gasteiger charge is -2.26. The summed E-state index contributed by atoms with van der Waals surface area (Å²) < 4.78 is 1.43. The lowest BCUT2D eigenvalue weighted by Crippen LogP contribution is -2.39. The van der Waals surface area contributed by atoms with Gasteiger partial charge in [0.25, 0.3) is 5.56 Å². The first kappa shape index (κ1) is 19.3. The molecule has 29 heavy (non-hydrogen) atoms. The van der Waals surface area contributed by atoms with Crippen molar-refractivity contribution in [2.75, 3.05) is 11.4 Å². The number of anilines is 1. The highest BCUT2D eigenvalue weighted by atomic mass is 16.2. The molecule has 1 aliphatic carbocycles. The summed E-state index contributed by atoms with van der Waals surface area (Å²) in [5.41, 5.74) is 4.36. The largest absolute Gasteiger partial charge is 0.311 e. The molecule has 6 nitrogen and oxygen atoms in total. The molecule has 0 radical (unpaired) electrons. The minimum absolute atomic E-state index is 0.132. The number of fused-ring (bicyclic) bond motifs is 2. The van der Waals surface area contributed by atoms with Crippen LogP contribution in [-0.2, 0) is 17.6 Å². The van der Waals surface area contributed by atoms with Crippen molar-refractivity contribution >= 4 is 22.6 Å². The first-order valence-electron chi connectivity index (χ1n) is 10.3. The molecule has 1 atom stereocenters. The van der Waals surface area contributed by atoms with Crippen molar-refractivity contribution in [1.82, 2.24) is 14.5 Å². The van der Waals surface area contributed by atoms with Crippen molar-refractivity contribution in [2.45, 2.75) is 52.5 Å². The topological polar surface area (TPSA) is 68.1 Å². The second-order valence-corrected chi connectivity index (χ2v) is 7.73. The summed E-state index contributed by atoms with van der Waals surface area (Å²) in [4.78, 5) is 37.1. The van der Waals surface area contributed by atoms with Crippen LogP contribution in [0.25, 0.3) is 11.0 Å². The Labute approximate surface area is 170 Å². The molecule has 0 fully saturated rings. The number of carbonyl (C=O) groups excluding carboxylic acids is 1. The molecule has 0 spiro atoms. The Bertz CT molecular complexity index is 1140. The Morgan fingerprint density at radius 3 is 2.79 bits per heavy atom. The van der Waals surface area contributed by atoms with Gasteiger partial charge < -0.3 is 4.90 Å². The Morgan fingerprint density at radius 2 is 2.03 bits per heavy atom. The highest BCUT2D eigenvalue weighted by Gasteiger charge is 2.24. The van der Waals surface area contributed by atoms with Crippen molar-refractivity contribution < 1.29 is 4.79 Å². The van der Waals surface area contributed by atoms with E-state index in [1.165, 1.54) is 10.9 Å². The third-order valence-electron chi connectivity index (χ3n) is 5.72. The summed E-state index contributed by atoms with van der Waals surface area (Å²) in [5.74, 6) is -0.132. The Hall–Kier alpha value is -3.02. The molecule has 0 saturated carbocycles. The third kappa shape index (κ3) is 3.55. The summed E-state index contributed by atoms with van der Waals surface area (Å²) in [5, 5.41) is 0.492. The number of aromatic nitrogens is 3. The van der Waals surface area contributed by atoms with Crippen LogP contribution in [0.15, 0.2) is 41.5 Å². The van der Waals surface area contributed by atoms with Crippen LogP contribution in [-0.4, -0.2) is 27.0 Å². The maximum Gasteiger partial charge on any atom is 0.263 e. The van der Waals surface area contributed by atoms with E-state index in [-0.39, 0.29) is 11.5 Å². The molecule has 0 saturated heterocycles. The average molecular weight is 390 g/mol. The zero-order valence-corrected chi connectivity index (χ0v) is 17.2. The van der Waals surface area contributed by atoms with Gasteiger partial charge in [0.2, 0.25) is 5.91 Å². The number of rotatable bonds is 4. The van der Waals surface area contributed by atoms with Gasteiger partial charge in [0, 0.05) is 17.9 Å². The minimum Gasteiger partial charge on any atom is -0.311 e. The molecule has 0 aliphatic heterocycles. The van der Waals surface area contributed by atoms with E-state index in [2.05, 4.69) is 9.97 Å². The quantitative estimate of drug-likeness (QED) is 0.683. The van der Waals surface area contributed by atoms with Crippen LogP contribution in [0.2, 0.25) is 0 Å². The molecular weight excluding hydrogens is 364 g/mol. The Balaban J connectivity index is 1.72. The van der Waals surface area contributed by atoms with Gasteiger partial charge in [-0.1, -0.05) is 12.1 Å². The van der Waals surface area contributed by atoms with Gasteiger partial charge in [-0.15, -0.1) is 0 Å². The van der Waals surface area contributed by atoms with Gasteiger partial charge in [-0.2, -0.15) is 0 Å². The van der Waals surface area contributed by atoms with Gasteiger partial charge in [-0.05, 0) is 75.8 Å². The smallest absolute Gasteiger partial charge is 0.263 e. The lowest BCUT2D eigenvalue weighted by atomic mass is 9.95. The van der Waals surface area contributed by atoms with Crippen molar-refractivity contribution in [3.8, 4) is 0 Å². The number of pyridine rings is 1. The molecule has 0 bridgehead atoms. The Morgan fingerprint density at radius 1 is 1.24 bits per heavy atom. The van der Waals surface area contributed by atoms with Crippen LogP contribution in [0.1, 0.15) is 49.6 Å². The van der Waals surface area contributed by atoms with Gasteiger partial charge in [0.1, 0.15) is 12.4 Å². The standard InChI is InChI=1S/C23H26N4O2/c1-4-26(18-10-7-8-15(2)12-18)22(28)16(3)27-14-24-21-19(23(27)29)13-17-9-5-6-11-20(17)25-21/h7-8,10,12-14,16H,4-6,9,11H2,1-3H3. The van der Waals surface area contributed by atoms with Crippen molar-refractivity contribution in [3.63, 3.8) is 0 Å². The minimum atomic E-state index is -0.657. The number of benzene rings is 1. The van der Waals surface area contributed by atoms with E-state index in [4.69, 9.17) is 0 Å². The summed E-state index contributed by atoms with van der Waals surface area (Å²) in [7, 11) is 0. The highest BCUT2D eigenvalue weighted by molar-refractivity contribution is 5.96. The van der Waals surface area contributed by atoms with E-state index < -0.39 is 6.04 Å². The maximum absolute atomic E-state index is 13.2. The van der Waals surface area contributed by atoms with Crippen molar-refractivity contribution in [1.29, 1.82) is 0 Å². The Kier molecular flexibility index (Phi) is 5.18. The van der Waals surface area contributed by atoms with Gasteiger partial charge in [0.05, 0.1) is 5.39 Å². The number of amides is 1. The first-order chi connectivity index (χ1) is 14.0. The molecule has 2 aromatic heterocycles. The molecule has 6 heteroatoms. The molecule has 1 aliphatic rings. The maximum atomic E-state index is 13.2. The van der Waals surface area contributed by atoms with Gasteiger partial charge in [-0.3, -0.25) is 14.2 Å². The van der Waals surface area contributed by atoms with E-state index in [9.17, 15) is 9.59 Å². The number of carbonyl (C=O) groups is 1. The molecule has 150 valence electrons. The molecule has 1 aromatic carbocycles. The first-order valence-corrected chi connectivity index (χ1v) is 10.3. The van der Waals surface area contributed by atoms with Gasteiger partial charge in [0.15, 0.2) is 5.65 Å². The number of hydrogen-bond donors (Lipinski definition) is 0.